The van der Waals surface area contributed by atoms with Crippen molar-refractivity contribution in [2.24, 2.45) is 0 Å². The number of benzene rings is 5. The molecule has 0 heterocycles. The third kappa shape index (κ3) is 30.1. The fraction of sp³-hybridized carbons (Fsp3) is 0.346. The van der Waals surface area contributed by atoms with Crippen LogP contribution in [0.3, 0.4) is 0 Å². The smallest absolute Gasteiger partial charge is 0.358 e. The van der Waals surface area contributed by atoms with E-state index in [1.165, 1.54) is 92.5 Å². The van der Waals surface area contributed by atoms with Crippen LogP contribution in [0.25, 0.3) is 0 Å². The maximum atomic E-state index is 3.60. The molecule has 0 nitrogen and oxygen atoms in total. The maximum absolute atomic E-state index is 3.60. The molecule has 0 aliphatic heterocycles. The van der Waals surface area contributed by atoms with E-state index < -0.39 is 6.63 Å². The quantitative estimate of drug-likeness (QED) is 0.102. The topological polar surface area (TPSA) is 0 Å². The van der Waals surface area contributed by atoms with Crippen LogP contribution >= 0.6 is 0 Å². The van der Waals surface area contributed by atoms with Crippen LogP contribution in [0.2, 0.25) is 0 Å². The van der Waals surface area contributed by atoms with E-state index in [9.17, 15) is 0 Å². The van der Waals surface area contributed by atoms with Crippen LogP contribution in [0.4, 0.5) is 0 Å². The fourth-order valence-electron chi connectivity index (χ4n) is 6.55. The Morgan fingerprint density at radius 1 is 0.448 bits per heavy atom. The minimum absolute atomic E-state index is 0. The van der Waals surface area contributed by atoms with Gasteiger partial charge in [0.1, 0.15) is 0 Å². The monoisotopic (exact) mass is 942 g/mol. The van der Waals surface area contributed by atoms with Crippen molar-refractivity contribution in [2.45, 2.75) is 119 Å². The standard InChI is InChI=1S/C24H26Si4.C6H8Si.2C5H10.2C4H9.2CH4.2CH3.Zr.H2/c1-5-13-21(14-6-1)25-28(24-19-11-4-12-20-24,26-22-15-7-2-8-16-22)27-23-17-9-3-10-18-23;7-6-4-2-1-3-5-6;2*1-2-4-5-3-1;2*1-3-4-2;;;;;;/h1-20H,25-27H2;1-5H,7H3;2*1-5H2;2*1,3-4H2,2H3;2*1H4;2*1H3;;1H/q;;;;2*-1;;;2*-1;+4;. The molecule has 6 heteroatoms. The Kier molecular flexibility index (Phi) is 46.7. The zero-order chi connectivity index (χ0) is 38.1. The number of unbranched alkanes of at least 4 members (excludes halogenated alkanes) is 2. The van der Waals surface area contributed by atoms with Gasteiger partial charge in [0.05, 0.1) is 6.63 Å². The second-order valence-corrected chi connectivity index (χ2v) is 46.7. The summed E-state index contributed by atoms with van der Waals surface area (Å²) in [5.74, 6) is 0. The molecule has 2 aliphatic rings. The minimum atomic E-state index is -1.48. The van der Waals surface area contributed by atoms with Gasteiger partial charge in [0.2, 0.25) is 0 Å². The molecule has 0 radical (unpaired) electrons. The molecule has 5 aromatic rings. The van der Waals surface area contributed by atoms with Crippen LogP contribution in [0.15, 0.2) is 152 Å². The first kappa shape index (κ1) is 62.7. The van der Waals surface area contributed by atoms with Gasteiger partial charge in [0.15, 0.2) is 0 Å². The average Bonchev–Trinajstić information content (AvgIpc) is 4.02. The van der Waals surface area contributed by atoms with Crippen molar-refractivity contribution < 1.29 is 27.6 Å². The molecule has 5 aromatic carbocycles. The van der Waals surface area contributed by atoms with Crippen molar-refractivity contribution in [3.63, 3.8) is 0 Å². The van der Waals surface area contributed by atoms with E-state index in [2.05, 4.69) is 173 Å². The van der Waals surface area contributed by atoms with Gasteiger partial charge in [0, 0.05) is 38.8 Å². The van der Waals surface area contributed by atoms with E-state index in [0.29, 0.717) is 0 Å². The Labute approximate surface area is 393 Å². The van der Waals surface area contributed by atoms with Crippen molar-refractivity contribution in [3.8, 4) is 0 Å². The Morgan fingerprint density at radius 3 is 0.845 bits per heavy atom. The van der Waals surface area contributed by atoms with Crippen LogP contribution < -0.4 is 25.9 Å². The Balaban J connectivity index is -0.000000257. The predicted octanol–water partition coefficient (Wildman–Crippen LogP) is 9.55. The first-order valence-electron chi connectivity index (χ1n) is 20.8. The van der Waals surface area contributed by atoms with Gasteiger partial charge < -0.3 is 28.7 Å². The summed E-state index contributed by atoms with van der Waals surface area (Å²) in [6.45, 7) is 9.97. The molecular formula is C52H88Si5Zr. The molecule has 0 bridgehead atoms. The van der Waals surface area contributed by atoms with Crippen LogP contribution in [0.5, 0.6) is 0 Å². The van der Waals surface area contributed by atoms with E-state index in [1.807, 2.05) is 6.07 Å². The van der Waals surface area contributed by atoms with E-state index >= 15 is 0 Å². The van der Waals surface area contributed by atoms with Crippen molar-refractivity contribution in [1.82, 2.24) is 0 Å². The molecule has 0 amide bonds. The summed E-state index contributed by atoms with van der Waals surface area (Å²) in [6.07, 6.45) is 19.6. The van der Waals surface area contributed by atoms with E-state index in [4.69, 9.17) is 0 Å². The van der Waals surface area contributed by atoms with E-state index in [0.717, 1.165) is 12.8 Å². The largest absolute Gasteiger partial charge is 4.00 e. The molecule has 7 rings (SSSR count). The molecule has 2 saturated carbocycles. The van der Waals surface area contributed by atoms with Crippen LogP contribution in [-0.4, -0.2) is 44.0 Å². The normalized spacial score (nSPS) is 13.2. The van der Waals surface area contributed by atoms with Gasteiger partial charge in [-0.3, -0.25) is 0 Å². The molecular weight excluding hydrogens is 856 g/mol. The fourth-order valence-corrected chi connectivity index (χ4v) is 45.9. The molecule has 320 valence electrons. The van der Waals surface area contributed by atoms with Crippen LogP contribution in [0.1, 0.15) is 120 Å². The molecule has 0 aromatic heterocycles. The molecule has 2 aliphatic carbocycles. The second kappa shape index (κ2) is 43.2. The minimum Gasteiger partial charge on any atom is -0.358 e. The third-order valence-electron chi connectivity index (χ3n) is 9.69. The Hall–Kier alpha value is -1.93. The summed E-state index contributed by atoms with van der Waals surface area (Å²) in [7, 11) is 0.190. The number of hydrogen-bond donors (Lipinski definition) is 0. The average molecular weight is 945 g/mol. The second-order valence-electron chi connectivity index (χ2n) is 14.5. The maximum Gasteiger partial charge on any atom is 4.00 e. The predicted molar refractivity (Wildman–Crippen MR) is 287 cm³/mol. The summed E-state index contributed by atoms with van der Waals surface area (Å²) < 4.78 is 0. The molecule has 2 fully saturated rings. The summed E-state index contributed by atoms with van der Waals surface area (Å²) in [5, 5.41) is 8.17. The molecule has 58 heavy (non-hydrogen) atoms. The number of rotatable bonds is 9. The summed E-state index contributed by atoms with van der Waals surface area (Å²) in [6, 6.07) is 56.4. The van der Waals surface area contributed by atoms with Crippen molar-refractivity contribution >= 4 is 69.9 Å². The molecule has 0 unspecified atom stereocenters. The summed E-state index contributed by atoms with van der Waals surface area (Å²) >= 11 is 0. The Morgan fingerprint density at radius 2 is 0.655 bits per heavy atom. The van der Waals surface area contributed by atoms with Gasteiger partial charge in [-0.1, -0.05) is 283 Å². The van der Waals surface area contributed by atoms with Gasteiger partial charge >= 0.3 is 26.2 Å². The molecule has 0 atom stereocenters. The zero-order valence-corrected chi connectivity index (χ0v) is 46.1. The Bertz CT molecular complexity index is 1350. The van der Waals surface area contributed by atoms with Crippen LogP contribution in [-0.2, 0) is 26.2 Å². The van der Waals surface area contributed by atoms with E-state index in [-0.39, 0.29) is 84.4 Å². The van der Waals surface area contributed by atoms with Gasteiger partial charge in [-0.25, -0.2) is 0 Å². The van der Waals surface area contributed by atoms with Gasteiger partial charge in [-0.05, 0) is 0 Å². The zero-order valence-electron chi connectivity index (χ0n) is 36.4. The summed E-state index contributed by atoms with van der Waals surface area (Å²) in [4.78, 5) is 0. The molecule has 0 N–H and O–H groups in total. The number of hydrogen-bond acceptors (Lipinski definition) is 0. The van der Waals surface area contributed by atoms with Gasteiger partial charge in [-0.15, -0.1) is 0 Å². The van der Waals surface area contributed by atoms with E-state index in [1.54, 1.807) is 20.7 Å². The first-order valence-corrected chi connectivity index (χ1v) is 32.9. The third-order valence-corrected chi connectivity index (χ3v) is 43.5. The van der Waals surface area contributed by atoms with Gasteiger partial charge in [-0.2, -0.15) is 12.8 Å². The first-order chi connectivity index (χ1) is 26.1. The molecule has 0 spiro atoms. The van der Waals surface area contributed by atoms with Crippen molar-refractivity contribution in [1.29, 1.82) is 0 Å². The van der Waals surface area contributed by atoms with Crippen LogP contribution in [0, 0.1) is 28.7 Å². The van der Waals surface area contributed by atoms with Gasteiger partial charge in [0.25, 0.3) is 0 Å². The van der Waals surface area contributed by atoms with Crippen molar-refractivity contribution in [2.75, 3.05) is 0 Å². The van der Waals surface area contributed by atoms with Crippen molar-refractivity contribution in [3.05, 3.63) is 180 Å². The molecule has 0 saturated heterocycles. The summed E-state index contributed by atoms with van der Waals surface area (Å²) in [5.41, 5.74) is 0. The SMILES string of the molecule is C.C.C1CCCC1.C1CCCC1.[CH2-]CCC.[CH2-]CCC.[CH3-].[CH3-].[HH].[SiH3]c1ccccc1.[Zr+4].c1ccc([SiH2][Si]([SiH2]c2ccccc2)([SiH2]c2ccccc2)c2ccccc2)cc1.